The first-order chi connectivity index (χ1) is 11.1. The summed E-state index contributed by atoms with van der Waals surface area (Å²) in [5.41, 5.74) is 4.68. The zero-order valence-corrected chi connectivity index (χ0v) is 12.7. The van der Waals surface area contributed by atoms with E-state index in [1.807, 2.05) is 36.4 Å². The summed E-state index contributed by atoms with van der Waals surface area (Å²) < 4.78 is 0. The number of phenolic OH excluding ortho intramolecular Hbond substituents is 1. The molecule has 2 N–H and O–H groups in total. The SMILES string of the molecule is CC(=NNC(=O)c1cccc2ccccc12)c1ccc(O)cc1. The van der Waals surface area contributed by atoms with Gasteiger partial charge in [0.2, 0.25) is 0 Å². The third-order valence-electron chi connectivity index (χ3n) is 3.64. The van der Waals surface area contributed by atoms with Gasteiger partial charge in [0.05, 0.1) is 5.71 Å². The smallest absolute Gasteiger partial charge is 0.272 e. The Morgan fingerprint density at radius 2 is 1.65 bits per heavy atom. The summed E-state index contributed by atoms with van der Waals surface area (Å²) in [6.45, 7) is 1.80. The number of aromatic hydroxyl groups is 1. The van der Waals surface area contributed by atoms with Crippen molar-refractivity contribution in [3.8, 4) is 5.75 Å². The molecule has 0 fully saturated rings. The molecule has 0 aliphatic carbocycles. The molecule has 0 saturated heterocycles. The minimum absolute atomic E-state index is 0.196. The predicted octanol–water partition coefficient (Wildman–Crippen LogP) is 3.70. The van der Waals surface area contributed by atoms with Crippen LogP contribution in [0, 0.1) is 0 Å². The molecule has 114 valence electrons. The normalized spacial score (nSPS) is 11.4. The molecular weight excluding hydrogens is 288 g/mol. The van der Waals surface area contributed by atoms with Crippen molar-refractivity contribution in [2.75, 3.05) is 0 Å². The molecule has 0 aliphatic heterocycles. The average molecular weight is 304 g/mol. The molecule has 4 heteroatoms. The van der Waals surface area contributed by atoms with E-state index in [-0.39, 0.29) is 11.7 Å². The van der Waals surface area contributed by atoms with E-state index in [1.165, 1.54) is 0 Å². The summed E-state index contributed by atoms with van der Waals surface area (Å²) in [5.74, 6) is -0.0544. The van der Waals surface area contributed by atoms with E-state index >= 15 is 0 Å². The van der Waals surface area contributed by atoms with Gasteiger partial charge in [-0.2, -0.15) is 5.10 Å². The minimum Gasteiger partial charge on any atom is -0.508 e. The van der Waals surface area contributed by atoms with Crippen LogP contribution in [0.15, 0.2) is 71.8 Å². The predicted molar refractivity (Wildman–Crippen MR) is 91.7 cm³/mol. The first-order valence-electron chi connectivity index (χ1n) is 7.27. The number of hydrazone groups is 1. The maximum atomic E-state index is 12.4. The molecule has 1 amide bonds. The lowest BCUT2D eigenvalue weighted by molar-refractivity contribution is 0.0956. The fraction of sp³-hybridized carbons (Fsp3) is 0.0526. The van der Waals surface area contributed by atoms with Gasteiger partial charge in [0.15, 0.2) is 0 Å². The Hall–Kier alpha value is -3.14. The monoisotopic (exact) mass is 304 g/mol. The van der Waals surface area contributed by atoms with E-state index in [0.29, 0.717) is 11.3 Å². The lowest BCUT2D eigenvalue weighted by atomic mass is 10.0. The first kappa shape index (κ1) is 14.8. The third-order valence-corrected chi connectivity index (χ3v) is 3.64. The highest BCUT2D eigenvalue weighted by molar-refractivity contribution is 6.07. The molecule has 0 saturated carbocycles. The van der Waals surface area contributed by atoms with Gasteiger partial charge in [-0.05, 0) is 53.6 Å². The molecule has 0 unspecified atom stereocenters. The number of amides is 1. The zero-order chi connectivity index (χ0) is 16.2. The topological polar surface area (TPSA) is 61.7 Å². The summed E-state index contributed by atoms with van der Waals surface area (Å²) in [7, 11) is 0. The molecule has 0 aromatic heterocycles. The van der Waals surface area contributed by atoms with Gasteiger partial charge < -0.3 is 5.11 Å². The molecule has 0 atom stereocenters. The second-order valence-corrected chi connectivity index (χ2v) is 5.21. The average Bonchev–Trinajstić information content (AvgIpc) is 2.59. The Labute approximate surface area is 134 Å². The van der Waals surface area contributed by atoms with Gasteiger partial charge in [0, 0.05) is 5.56 Å². The van der Waals surface area contributed by atoms with Gasteiger partial charge in [0.25, 0.3) is 5.91 Å². The molecule has 4 nitrogen and oxygen atoms in total. The van der Waals surface area contributed by atoms with Crippen LogP contribution in [0.5, 0.6) is 5.75 Å². The van der Waals surface area contributed by atoms with Crippen molar-refractivity contribution >= 4 is 22.4 Å². The Bertz CT molecular complexity index is 878. The van der Waals surface area contributed by atoms with Crippen molar-refractivity contribution in [3.63, 3.8) is 0 Å². The van der Waals surface area contributed by atoms with Gasteiger partial charge in [-0.25, -0.2) is 5.43 Å². The maximum Gasteiger partial charge on any atom is 0.272 e. The summed E-state index contributed by atoms with van der Waals surface area (Å²) in [4.78, 5) is 12.4. The van der Waals surface area contributed by atoms with Crippen molar-refractivity contribution in [1.29, 1.82) is 0 Å². The molecule has 23 heavy (non-hydrogen) atoms. The molecule has 0 radical (unpaired) electrons. The quantitative estimate of drug-likeness (QED) is 0.572. The molecule has 0 heterocycles. The lowest BCUT2D eigenvalue weighted by Gasteiger charge is -2.06. The van der Waals surface area contributed by atoms with Crippen molar-refractivity contribution in [3.05, 3.63) is 77.9 Å². The Kier molecular flexibility index (Phi) is 4.06. The number of carbonyl (C=O) groups excluding carboxylic acids is 1. The Balaban J connectivity index is 1.83. The van der Waals surface area contributed by atoms with Crippen LogP contribution >= 0.6 is 0 Å². The fourth-order valence-corrected chi connectivity index (χ4v) is 2.39. The number of benzene rings is 3. The summed E-state index contributed by atoms with van der Waals surface area (Å²) in [6.07, 6.45) is 0. The number of fused-ring (bicyclic) bond motifs is 1. The van der Waals surface area contributed by atoms with E-state index < -0.39 is 0 Å². The number of nitrogens with zero attached hydrogens (tertiary/aromatic N) is 1. The standard InChI is InChI=1S/C19H16N2O2/c1-13(14-9-11-16(22)12-10-14)20-21-19(23)18-8-4-6-15-5-2-3-7-17(15)18/h2-12,22H,1H3,(H,21,23). The lowest BCUT2D eigenvalue weighted by Crippen LogP contribution is -2.19. The van der Waals surface area contributed by atoms with Crippen LogP contribution in [0.1, 0.15) is 22.8 Å². The van der Waals surface area contributed by atoms with E-state index in [0.717, 1.165) is 16.3 Å². The Morgan fingerprint density at radius 3 is 2.43 bits per heavy atom. The summed E-state index contributed by atoms with van der Waals surface area (Å²) in [5, 5.41) is 15.3. The van der Waals surface area contributed by atoms with Crippen LogP contribution < -0.4 is 5.43 Å². The van der Waals surface area contributed by atoms with E-state index in [2.05, 4.69) is 10.5 Å². The first-order valence-corrected chi connectivity index (χ1v) is 7.27. The van der Waals surface area contributed by atoms with Crippen LogP contribution in [0.2, 0.25) is 0 Å². The minimum atomic E-state index is -0.250. The number of hydrogen-bond donors (Lipinski definition) is 2. The second-order valence-electron chi connectivity index (χ2n) is 5.21. The Morgan fingerprint density at radius 1 is 0.957 bits per heavy atom. The third kappa shape index (κ3) is 3.21. The largest absolute Gasteiger partial charge is 0.508 e. The second kappa shape index (κ2) is 6.32. The van der Waals surface area contributed by atoms with Gasteiger partial charge in [0.1, 0.15) is 5.75 Å². The summed E-state index contributed by atoms with van der Waals surface area (Å²) in [6, 6.07) is 20.0. The van der Waals surface area contributed by atoms with E-state index in [9.17, 15) is 9.90 Å². The molecule has 0 bridgehead atoms. The molecule has 3 aromatic rings. The number of nitrogens with one attached hydrogen (secondary N) is 1. The fourth-order valence-electron chi connectivity index (χ4n) is 2.39. The van der Waals surface area contributed by atoms with Gasteiger partial charge >= 0.3 is 0 Å². The number of hydrogen-bond acceptors (Lipinski definition) is 3. The van der Waals surface area contributed by atoms with Crippen molar-refractivity contribution in [2.24, 2.45) is 5.10 Å². The van der Waals surface area contributed by atoms with E-state index in [4.69, 9.17) is 0 Å². The van der Waals surface area contributed by atoms with Gasteiger partial charge in [-0.3, -0.25) is 4.79 Å². The summed E-state index contributed by atoms with van der Waals surface area (Å²) >= 11 is 0. The van der Waals surface area contributed by atoms with Crippen LogP contribution in [0.25, 0.3) is 10.8 Å². The van der Waals surface area contributed by atoms with Crippen LogP contribution in [0.3, 0.4) is 0 Å². The highest BCUT2D eigenvalue weighted by atomic mass is 16.3. The van der Waals surface area contributed by atoms with Crippen LogP contribution in [-0.2, 0) is 0 Å². The van der Waals surface area contributed by atoms with Crippen LogP contribution in [0.4, 0.5) is 0 Å². The van der Waals surface area contributed by atoms with Crippen molar-refractivity contribution in [2.45, 2.75) is 6.92 Å². The van der Waals surface area contributed by atoms with E-state index in [1.54, 1.807) is 37.3 Å². The van der Waals surface area contributed by atoms with Crippen molar-refractivity contribution in [1.82, 2.24) is 5.43 Å². The number of carbonyl (C=O) groups is 1. The van der Waals surface area contributed by atoms with Crippen LogP contribution in [-0.4, -0.2) is 16.7 Å². The molecule has 0 spiro atoms. The van der Waals surface area contributed by atoms with Crippen molar-refractivity contribution < 1.29 is 9.90 Å². The van der Waals surface area contributed by atoms with Gasteiger partial charge in [-0.15, -0.1) is 0 Å². The molecular formula is C19H16N2O2. The van der Waals surface area contributed by atoms with Gasteiger partial charge in [-0.1, -0.05) is 36.4 Å². The molecule has 3 aromatic carbocycles. The maximum absolute atomic E-state index is 12.4. The molecule has 3 rings (SSSR count). The highest BCUT2D eigenvalue weighted by Crippen LogP contribution is 2.18. The molecule has 0 aliphatic rings. The number of rotatable bonds is 3. The number of phenols is 1. The zero-order valence-electron chi connectivity index (χ0n) is 12.7. The highest BCUT2D eigenvalue weighted by Gasteiger charge is 2.09.